The molecule has 1 aliphatic heterocycles. The van der Waals surface area contributed by atoms with E-state index in [2.05, 4.69) is 0 Å². The van der Waals surface area contributed by atoms with Crippen LogP contribution in [0.25, 0.3) is 0 Å². The van der Waals surface area contributed by atoms with Crippen LogP contribution in [0.15, 0.2) is 0 Å². The number of hydrogen-bond donors (Lipinski definition) is 0. The van der Waals surface area contributed by atoms with E-state index in [0.717, 1.165) is 0 Å². The lowest BCUT2D eigenvalue weighted by Crippen LogP contribution is -2.54. The minimum absolute atomic E-state index is 0.0527. The van der Waals surface area contributed by atoms with Crippen molar-refractivity contribution < 1.29 is 14.3 Å². The smallest absolute Gasteiger partial charge is 0.248 e. The van der Waals surface area contributed by atoms with Crippen LogP contribution in [0.3, 0.4) is 0 Å². The van der Waals surface area contributed by atoms with E-state index in [1.165, 1.54) is 0 Å². The molecule has 1 heterocycles. The zero-order valence-electron chi connectivity index (χ0n) is 10.9. The number of ether oxygens (including phenoxy) is 2. The topological polar surface area (TPSA) is 38.8 Å². The van der Waals surface area contributed by atoms with E-state index >= 15 is 0 Å². The molecule has 4 heteroatoms. The molecule has 94 valence electrons. The van der Waals surface area contributed by atoms with Gasteiger partial charge < -0.3 is 14.4 Å². The molecule has 0 N–H and O–H groups in total. The molecule has 1 atom stereocenters. The van der Waals surface area contributed by atoms with Crippen molar-refractivity contribution in [2.75, 3.05) is 19.7 Å². The van der Waals surface area contributed by atoms with Crippen LogP contribution in [0, 0.1) is 0 Å². The van der Waals surface area contributed by atoms with Gasteiger partial charge in [-0.05, 0) is 34.6 Å². The molecule has 0 aromatic carbocycles. The highest BCUT2D eigenvalue weighted by Gasteiger charge is 2.33. The second-order valence-electron chi connectivity index (χ2n) is 5.32. The van der Waals surface area contributed by atoms with Gasteiger partial charge in [-0.1, -0.05) is 0 Å². The van der Waals surface area contributed by atoms with Crippen molar-refractivity contribution in [3.8, 4) is 0 Å². The van der Waals surface area contributed by atoms with E-state index in [1.54, 1.807) is 0 Å². The molecule has 0 saturated carbocycles. The Labute approximate surface area is 97.9 Å². The lowest BCUT2D eigenvalue weighted by Gasteiger charge is -2.41. The minimum Gasteiger partial charge on any atom is -0.369 e. The quantitative estimate of drug-likeness (QED) is 0.735. The highest BCUT2D eigenvalue weighted by atomic mass is 16.5. The van der Waals surface area contributed by atoms with Gasteiger partial charge in [-0.25, -0.2) is 0 Å². The first kappa shape index (κ1) is 13.5. The van der Waals surface area contributed by atoms with E-state index in [-0.39, 0.29) is 30.3 Å². The summed E-state index contributed by atoms with van der Waals surface area (Å²) < 4.78 is 11.1. The molecule has 0 spiro atoms. The fraction of sp³-hybridized carbons (Fsp3) is 0.917. The van der Waals surface area contributed by atoms with Crippen LogP contribution in [0.2, 0.25) is 0 Å². The van der Waals surface area contributed by atoms with Gasteiger partial charge in [0.2, 0.25) is 5.91 Å². The van der Waals surface area contributed by atoms with Crippen molar-refractivity contribution in [1.29, 1.82) is 0 Å². The fourth-order valence-electron chi connectivity index (χ4n) is 1.97. The van der Waals surface area contributed by atoms with Crippen LogP contribution in [0.5, 0.6) is 0 Å². The third-order valence-electron chi connectivity index (χ3n) is 2.46. The van der Waals surface area contributed by atoms with Crippen molar-refractivity contribution in [3.05, 3.63) is 0 Å². The molecule has 0 aliphatic carbocycles. The molecule has 1 fully saturated rings. The number of carbonyl (C=O) groups excluding carboxylic acids is 1. The summed E-state index contributed by atoms with van der Waals surface area (Å²) in [7, 11) is 0. The molecule has 1 saturated heterocycles. The standard InChI is InChI=1S/C12H23NO3/c1-9(2)15-7-11(14)13-6-10(3)16-12(4,5)8-13/h9-10H,6-8H2,1-5H3. The third kappa shape index (κ3) is 4.10. The van der Waals surface area contributed by atoms with Gasteiger partial charge in [0.05, 0.1) is 17.8 Å². The van der Waals surface area contributed by atoms with Gasteiger partial charge in [0.1, 0.15) is 6.61 Å². The highest BCUT2D eigenvalue weighted by molar-refractivity contribution is 5.77. The number of morpholine rings is 1. The number of carbonyl (C=O) groups is 1. The van der Waals surface area contributed by atoms with Crippen molar-refractivity contribution in [2.45, 2.75) is 52.4 Å². The van der Waals surface area contributed by atoms with Gasteiger partial charge in [0.25, 0.3) is 0 Å². The molecule has 0 aromatic rings. The lowest BCUT2D eigenvalue weighted by molar-refractivity contribution is -0.162. The normalized spacial score (nSPS) is 24.9. The van der Waals surface area contributed by atoms with Gasteiger partial charge in [-0.15, -0.1) is 0 Å². The van der Waals surface area contributed by atoms with E-state index < -0.39 is 0 Å². The summed E-state index contributed by atoms with van der Waals surface area (Å²) in [5.41, 5.74) is -0.259. The summed E-state index contributed by atoms with van der Waals surface area (Å²) in [5, 5.41) is 0. The molecule has 0 radical (unpaired) electrons. The van der Waals surface area contributed by atoms with Crippen molar-refractivity contribution in [1.82, 2.24) is 4.90 Å². The number of nitrogens with zero attached hydrogens (tertiary/aromatic N) is 1. The maximum Gasteiger partial charge on any atom is 0.248 e. The van der Waals surface area contributed by atoms with E-state index in [4.69, 9.17) is 9.47 Å². The first-order chi connectivity index (χ1) is 7.30. The van der Waals surface area contributed by atoms with Gasteiger partial charge in [0, 0.05) is 13.1 Å². The minimum atomic E-state index is -0.259. The number of hydrogen-bond acceptors (Lipinski definition) is 3. The predicted octanol–water partition coefficient (Wildman–Crippen LogP) is 1.44. The summed E-state index contributed by atoms with van der Waals surface area (Å²) in [4.78, 5) is 13.7. The fourth-order valence-corrected chi connectivity index (χ4v) is 1.97. The van der Waals surface area contributed by atoms with Crippen molar-refractivity contribution in [2.24, 2.45) is 0 Å². The zero-order chi connectivity index (χ0) is 12.3. The molecule has 4 nitrogen and oxygen atoms in total. The van der Waals surface area contributed by atoms with Crippen LogP contribution in [-0.4, -0.2) is 48.3 Å². The average Bonchev–Trinajstić information content (AvgIpc) is 2.10. The average molecular weight is 229 g/mol. The van der Waals surface area contributed by atoms with Gasteiger partial charge in [0.15, 0.2) is 0 Å². The molecular formula is C12H23NO3. The summed E-state index contributed by atoms with van der Waals surface area (Å²) >= 11 is 0. The molecule has 0 aromatic heterocycles. The Balaban J connectivity index is 2.49. The van der Waals surface area contributed by atoms with Crippen LogP contribution in [0.1, 0.15) is 34.6 Å². The molecule has 1 unspecified atom stereocenters. The summed E-state index contributed by atoms with van der Waals surface area (Å²) in [6.07, 6.45) is 0.183. The monoisotopic (exact) mass is 229 g/mol. The van der Waals surface area contributed by atoms with E-state index in [0.29, 0.717) is 13.1 Å². The molecule has 1 aliphatic rings. The van der Waals surface area contributed by atoms with Gasteiger partial charge in [-0.2, -0.15) is 0 Å². The summed E-state index contributed by atoms with van der Waals surface area (Å²) in [5.74, 6) is 0.0527. The Morgan fingerprint density at radius 3 is 2.69 bits per heavy atom. The largest absolute Gasteiger partial charge is 0.369 e. The van der Waals surface area contributed by atoms with Crippen LogP contribution in [-0.2, 0) is 14.3 Å². The zero-order valence-corrected chi connectivity index (χ0v) is 10.9. The molecule has 16 heavy (non-hydrogen) atoms. The SMILES string of the molecule is CC(C)OCC(=O)N1CC(C)OC(C)(C)C1. The molecule has 0 bridgehead atoms. The molecule has 1 amide bonds. The van der Waals surface area contributed by atoms with Gasteiger partial charge >= 0.3 is 0 Å². The third-order valence-corrected chi connectivity index (χ3v) is 2.46. The second kappa shape index (κ2) is 5.15. The van der Waals surface area contributed by atoms with Crippen molar-refractivity contribution in [3.63, 3.8) is 0 Å². The Morgan fingerprint density at radius 2 is 2.19 bits per heavy atom. The molecular weight excluding hydrogens is 206 g/mol. The van der Waals surface area contributed by atoms with Crippen LogP contribution < -0.4 is 0 Å². The number of rotatable bonds is 3. The lowest BCUT2D eigenvalue weighted by atomic mass is 10.1. The maximum atomic E-state index is 11.9. The molecule has 1 rings (SSSR count). The van der Waals surface area contributed by atoms with Crippen molar-refractivity contribution >= 4 is 5.91 Å². The first-order valence-corrected chi connectivity index (χ1v) is 5.87. The van der Waals surface area contributed by atoms with Crippen LogP contribution in [0.4, 0.5) is 0 Å². The van der Waals surface area contributed by atoms with Crippen LogP contribution >= 0.6 is 0 Å². The Hall–Kier alpha value is -0.610. The van der Waals surface area contributed by atoms with E-state index in [9.17, 15) is 4.79 Å². The first-order valence-electron chi connectivity index (χ1n) is 5.87. The highest BCUT2D eigenvalue weighted by Crippen LogP contribution is 2.20. The number of amides is 1. The second-order valence-corrected chi connectivity index (χ2v) is 5.32. The van der Waals surface area contributed by atoms with Gasteiger partial charge in [-0.3, -0.25) is 4.79 Å². The Bertz CT molecular complexity index is 251. The Kier molecular flexibility index (Phi) is 4.33. The maximum absolute atomic E-state index is 11.9. The summed E-state index contributed by atoms with van der Waals surface area (Å²) in [6, 6.07) is 0. The Morgan fingerprint density at radius 1 is 1.56 bits per heavy atom. The van der Waals surface area contributed by atoms with E-state index in [1.807, 2.05) is 39.5 Å². The predicted molar refractivity (Wildman–Crippen MR) is 62.3 cm³/mol. The summed E-state index contributed by atoms with van der Waals surface area (Å²) in [6.45, 7) is 11.3.